The van der Waals surface area contributed by atoms with Gasteiger partial charge in [-0.15, -0.1) is 11.3 Å². The third-order valence-corrected chi connectivity index (χ3v) is 6.78. The molecule has 1 aliphatic rings. The maximum absolute atomic E-state index is 12.8. The smallest absolute Gasteiger partial charge is 0.292 e. The van der Waals surface area contributed by atoms with Crippen molar-refractivity contribution in [3.63, 3.8) is 0 Å². The summed E-state index contributed by atoms with van der Waals surface area (Å²) in [4.78, 5) is 29.5. The summed E-state index contributed by atoms with van der Waals surface area (Å²) >= 11 is 1.73. The Balaban J connectivity index is 1.46. The van der Waals surface area contributed by atoms with Gasteiger partial charge in [0.1, 0.15) is 10.7 Å². The molecule has 1 amide bonds. The molecule has 2 aromatic carbocycles. The van der Waals surface area contributed by atoms with Crippen LogP contribution in [-0.2, 0) is 4.79 Å². The van der Waals surface area contributed by atoms with Gasteiger partial charge in [0.25, 0.3) is 11.6 Å². The van der Waals surface area contributed by atoms with Crippen molar-refractivity contribution in [2.45, 2.75) is 31.7 Å². The lowest BCUT2D eigenvalue weighted by Crippen LogP contribution is -3.17. The van der Waals surface area contributed by atoms with Gasteiger partial charge in [0.15, 0.2) is 6.04 Å². The highest BCUT2D eigenvalue weighted by Gasteiger charge is 2.33. The molecule has 0 saturated carbocycles. The van der Waals surface area contributed by atoms with Crippen molar-refractivity contribution in [2.75, 3.05) is 18.4 Å². The second kappa shape index (κ2) is 8.26. The molecule has 2 N–H and O–H groups in total. The van der Waals surface area contributed by atoms with Crippen molar-refractivity contribution in [3.8, 4) is 0 Å². The number of nitro benzene ring substituents is 1. The molecule has 0 bridgehead atoms. The summed E-state index contributed by atoms with van der Waals surface area (Å²) in [5, 5.41) is 15.1. The fourth-order valence-electron chi connectivity index (χ4n) is 3.93. The number of piperidine rings is 1. The Kier molecular flexibility index (Phi) is 5.55. The first-order valence-corrected chi connectivity index (χ1v) is 10.6. The summed E-state index contributed by atoms with van der Waals surface area (Å²) in [5.74, 6) is 0.136. The van der Waals surface area contributed by atoms with E-state index in [0.717, 1.165) is 36.5 Å². The summed E-state index contributed by atoms with van der Waals surface area (Å²) in [6.45, 7) is 3.64. The number of fused-ring (bicyclic) bond motifs is 1. The average Bonchev–Trinajstić information content (AvgIpc) is 3.18. The molecule has 3 atom stereocenters. The Hall–Kier alpha value is -2.84. The third-order valence-electron chi connectivity index (χ3n) is 5.58. The van der Waals surface area contributed by atoms with Crippen molar-refractivity contribution in [1.29, 1.82) is 0 Å². The lowest BCUT2D eigenvalue weighted by molar-refractivity contribution is -0.920. The highest BCUT2D eigenvalue weighted by Crippen LogP contribution is 2.30. The molecule has 1 aliphatic heterocycles. The van der Waals surface area contributed by atoms with E-state index in [9.17, 15) is 14.9 Å². The Morgan fingerprint density at radius 3 is 2.83 bits per heavy atom. The number of nitro groups is 1. The summed E-state index contributed by atoms with van der Waals surface area (Å²) in [5.41, 5.74) is 1.18. The van der Waals surface area contributed by atoms with Crippen LogP contribution in [0.3, 0.4) is 0 Å². The largest absolute Gasteiger partial charge is 0.324 e. The van der Waals surface area contributed by atoms with E-state index in [1.54, 1.807) is 29.5 Å². The topological polar surface area (TPSA) is 89.6 Å². The number of aromatic nitrogens is 1. The number of thiazole rings is 1. The monoisotopic (exact) mass is 411 g/mol. The summed E-state index contributed by atoms with van der Waals surface area (Å²) in [6.07, 6.45) is 2.10. The molecule has 0 spiro atoms. The number of amides is 1. The molecule has 1 saturated heterocycles. The molecule has 7 nitrogen and oxygen atoms in total. The molecule has 0 aliphatic carbocycles. The van der Waals surface area contributed by atoms with Gasteiger partial charge in [-0.05, 0) is 38.0 Å². The zero-order valence-electron chi connectivity index (χ0n) is 16.1. The van der Waals surface area contributed by atoms with Gasteiger partial charge in [-0.1, -0.05) is 24.3 Å². The van der Waals surface area contributed by atoms with Crippen LogP contribution in [0.1, 0.15) is 30.7 Å². The molecule has 3 aromatic rings. The Morgan fingerprint density at radius 1 is 1.28 bits per heavy atom. The SMILES string of the molecule is C[C@H](C(=O)Nc1ccccc1[N+](=O)[O-])[NH+]1CCC[C@H](c2nc3ccccc3s2)C1. The number of para-hydroxylation sites is 3. The summed E-state index contributed by atoms with van der Waals surface area (Å²) in [6, 6.07) is 14.1. The van der Waals surface area contributed by atoms with Crippen molar-refractivity contribution in [2.24, 2.45) is 0 Å². The van der Waals surface area contributed by atoms with Crippen molar-refractivity contribution >= 4 is 38.8 Å². The minimum absolute atomic E-state index is 0.0888. The van der Waals surface area contributed by atoms with Gasteiger partial charge in [-0.25, -0.2) is 4.98 Å². The number of hydrogen-bond donors (Lipinski definition) is 2. The van der Waals surface area contributed by atoms with Crippen LogP contribution < -0.4 is 10.2 Å². The first-order chi connectivity index (χ1) is 14.0. The predicted molar refractivity (Wildman–Crippen MR) is 113 cm³/mol. The fraction of sp³-hybridized carbons (Fsp3) is 0.333. The molecular formula is C21H23N4O3S+. The maximum Gasteiger partial charge on any atom is 0.292 e. The van der Waals surface area contributed by atoms with E-state index in [4.69, 9.17) is 4.98 Å². The van der Waals surface area contributed by atoms with Crippen LogP contribution in [0.4, 0.5) is 11.4 Å². The maximum atomic E-state index is 12.8. The van der Waals surface area contributed by atoms with Gasteiger partial charge >= 0.3 is 0 Å². The number of carbonyl (C=O) groups excluding carboxylic acids is 1. The molecule has 0 radical (unpaired) electrons. The van der Waals surface area contributed by atoms with Crippen LogP contribution in [0.5, 0.6) is 0 Å². The Bertz CT molecular complexity index is 1020. The van der Waals surface area contributed by atoms with Crippen LogP contribution in [0.15, 0.2) is 48.5 Å². The summed E-state index contributed by atoms with van der Waals surface area (Å²) < 4.78 is 1.19. The Morgan fingerprint density at radius 2 is 2.03 bits per heavy atom. The fourth-order valence-corrected chi connectivity index (χ4v) is 5.03. The number of benzene rings is 2. The van der Waals surface area contributed by atoms with Crippen LogP contribution in [0.2, 0.25) is 0 Å². The highest BCUT2D eigenvalue weighted by atomic mass is 32.1. The molecule has 4 rings (SSSR count). The van der Waals surface area contributed by atoms with E-state index in [0.29, 0.717) is 5.92 Å². The molecule has 1 unspecified atom stereocenters. The van der Waals surface area contributed by atoms with Gasteiger partial charge in [-0.3, -0.25) is 14.9 Å². The number of carbonyl (C=O) groups is 1. The number of anilines is 1. The van der Waals surface area contributed by atoms with Gasteiger partial charge < -0.3 is 10.2 Å². The number of nitrogens with one attached hydrogen (secondary N) is 2. The van der Waals surface area contributed by atoms with E-state index in [-0.39, 0.29) is 23.3 Å². The van der Waals surface area contributed by atoms with Crippen molar-refractivity contribution < 1.29 is 14.6 Å². The zero-order chi connectivity index (χ0) is 20.4. The van der Waals surface area contributed by atoms with Crippen LogP contribution in [0.25, 0.3) is 10.2 Å². The molecule has 8 heteroatoms. The van der Waals surface area contributed by atoms with Gasteiger partial charge in [0, 0.05) is 6.07 Å². The van der Waals surface area contributed by atoms with Gasteiger partial charge in [-0.2, -0.15) is 0 Å². The number of rotatable bonds is 5. The van der Waals surface area contributed by atoms with Gasteiger partial charge in [0.2, 0.25) is 0 Å². The molecule has 150 valence electrons. The lowest BCUT2D eigenvalue weighted by Gasteiger charge is -2.32. The minimum atomic E-state index is -0.475. The normalized spacial score (nSPS) is 20.3. The number of likely N-dealkylation sites (tertiary alicyclic amines) is 1. The Labute approximate surface area is 172 Å². The van der Waals surface area contributed by atoms with Crippen molar-refractivity contribution in [3.05, 3.63) is 63.7 Å². The second-order valence-electron chi connectivity index (χ2n) is 7.46. The summed E-state index contributed by atoms with van der Waals surface area (Å²) in [7, 11) is 0. The molecule has 1 aromatic heterocycles. The van der Waals surface area contributed by atoms with E-state index >= 15 is 0 Å². The van der Waals surface area contributed by atoms with Gasteiger partial charge in [0.05, 0.1) is 34.1 Å². The molecule has 2 heterocycles. The first kappa shape index (κ1) is 19.5. The number of hydrogen-bond acceptors (Lipinski definition) is 5. The second-order valence-corrected chi connectivity index (χ2v) is 8.52. The predicted octanol–water partition coefficient (Wildman–Crippen LogP) is 2.99. The molecular weight excluding hydrogens is 388 g/mol. The third kappa shape index (κ3) is 4.13. The lowest BCUT2D eigenvalue weighted by atomic mass is 9.97. The van der Waals surface area contributed by atoms with Crippen LogP contribution in [-0.4, -0.2) is 34.9 Å². The standard InChI is InChI=1S/C21H22N4O3S/c1-14(20(26)22-16-8-2-4-10-18(16)25(27)28)24-12-6-7-15(13-24)21-23-17-9-3-5-11-19(17)29-21/h2-5,8-11,14-15H,6-7,12-13H2,1H3,(H,22,26)/p+1/t14-,15+/m1/s1. The van der Waals surface area contributed by atoms with E-state index in [1.165, 1.54) is 15.7 Å². The highest BCUT2D eigenvalue weighted by molar-refractivity contribution is 7.18. The van der Waals surface area contributed by atoms with E-state index in [1.807, 2.05) is 25.1 Å². The van der Waals surface area contributed by atoms with E-state index in [2.05, 4.69) is 11.4 Å². The zero-order valence-corrected chi connectivity index (χ0v) is 16.9. The van der Waals surface area contributed by atoms with Crippen molar-refractivity contribution in [1.82, 2.24) is 4.98 Å². The van der Waals surface area contributed by atoms with Crippen LogP contribution in [0, 0.1) is 10.1 Å². The number of quaternary nitrogens is 1. The molecule has 1 fully saturated rings. The minimum Gasteiger partial charge on any atom is -0.324 e. The molecule has 29 heavy (non-hydrogen) atoms. The quantitative estimate of drug-likeness (QED) is 0.499. The van der Waals surface area contributed by atoms with E-state index < -0.39 is 4.92 Å². The first-order valence-electron chi connectivity index (χ1n) is 9.77. The van der Waals surface area contributed by atoms with Crippen LogP contribution >= 0.6 is 11.3 Å². The number of nitrogens with zero attached hydrogens (tertiary/aromatic N) is 2. The average molecular weight is 412 g/mol.